The van der Waals surface area contributed by atoms with Gasteiger partial charge in [-0.05, 0) is 24.3 Å². The van der Waals surface area contributed by atoms with Crippen LogP contribution in [0, 0.1) is 0 Å². The van der Waals surface area contributed by atoms with E-state index < -0.39 is 0 Å². The van der Waals surface area contributed by atoms with Crippen LogP contribution in [-0.4, -0.2) is 32.6 Å². The second-order valence-corrected chi connectivity index (χ2v) is 5.48. The maximum absolute atomic E-state index is 11.6. The molecule has 0 spiro atoms. The number of carbonyl (C=O) groups is 1. The number of rotatable bonds is 7. The van der Waals surface area contributed by atoms with Gasteiger partial charge in [0.05, 0.1) is 17.4 Å². The Bertz CT molecular complexity index is 596. The van der Waals surface area contributed by atoms with Crippen molar-refractivity contribution in [2.24, 2.45) is 12.1 Å². The van der Waals surface area contributed by atoms with Crippen LogP contribution in [0.4, 0.5) is 0 Å². The molecule has 0 saturated carbocycles. The Hall–Kier alpha value is -2.15. The number of hydrogen-bond acceptors (Lipinski definition) is 5. The van der Waals surface area contributed by atoms with E-state index in [0.29, 0.717) is 6.42 Å². The quantitative estimate of drug-likeness (QED) is 0.367. The van der Waals surface area contributed by atoms with Crippen molar-refractivity contribution in [3.8, 4) is 0 Å². The number of nitrogens with one attached hydrogen (secondary N) is 1. The molecule has 0 fully saturated rings. The van der Waals surface area contributed by atoms with Gasteiger partial charge in [0.15, 0.2) is 0 Å². The van der Waals surface area contributed by atoms with Crippen LogP contribution in [0.25, 0.3) is 0 Å². The van der Waals surface area contributed by atoms with Crippen molar-refractivity contribution in [2.75, 3.05) is 5.75 Å². The summed E-state index contributed by atoms with van der Waals surface area (Å²) in [6.45, 7) is 0. The monoisotopic (exact) mass is 303 g/mol. The number of aryl methyl sites for hydroxylation is 1. The first-order chi connectivity index (χ1) is 10.2. The van der Waals surface area contributed by atoms with Crippen molar-refractivity contribution < 1.29 is 4.79 Å². The van der Waals surface area contributed by atoms with Gasteiger partial charge in [-0.3, -0.25) is 9.48 Å². The lowest BCUT2D eigenvalue weighted by Gasteiger charge is -2.00. The van der Waals surface area contributed by atoms with Crippen molar-refractivity contribution in [1.29, 1.82) is 0 Å². The molecule has 7 heteroatoms. The maximum Gasteiger partial charge on any atom is 0.240 e. The predicted octanol–water partition coefficient (Wildman–Crippen LogP) is 1.84. The molecular weight excluding hydrogens is 286 g/mol. The van der Waals surface area contributed by atoms with Crippen LogP contribution in [0.2, 0.25) is 0 Å². The van der Waals surface area contributed by atoms with Crippen molar-refractivity contribution in [3.05, 3.63) is 42.4 Å². The van der Waals surface area contributed by atoms with E-state index in [1.54, 1.807) is 35.1 Å². The number of thioether (sulfide) groups is 1. The number of hydrogen-bond donors (Lipinski definition) is 1. The molecular formula is C14H17N5OS. The molecule has 2 aromatic heterocycles. The van der Waals surface area contributed by atoms with Crippen LogP contribution in [0.3, 0.4) is 0 Å². The first-order valence-electron chi connectivity index (χ1n) is 6.58. The second kappa shape index (κ2) is 8.21. The highest BCUT2D eigenvalue weighted by atomic mass is 32.2. The summed E-state index contributed by atoms with van der Waals surface area (Å²) < 4.78 is 1.68. The molecule has 0 bridgehead atoms. The first-order valence-corrected chi connectivity index (χ1v) is 7.57. The molecule has 110 valence electrons. The third-order valence-corrected chi connectivity index (χ3v) is 3.59. The fraction of sp³-hybridized carbons (Fsp3) is 0.286. The highest BCUT2D eigenvalue weighted by Crippen LogP contribution is 2.15. The van der Waals surface area contributed by atoms with Gasteiger partial charge in [0.1, 0.15) is 0 Å². The summed E-state index contributed by atoms with van der Waals surface area (Å²) >= 11 is 1.65. The Morgan fingerprint density at radius 3 is 3.14 bits per heavy atom. The molecule has 0 radical (unpaired) electrons. The Morgan fingerprint density at radius 2 is 2.43 bits per heavy atom. The molecule has 1 N–H and O–H groups in total. The average molecular weight is 303 g/mol. The van der Waals surface area contributed by atoms with Gasteiger partial charge in [0.25, 0.3) is 0 Å². The number of carbonyl (C=O) groups excluding carboxylic acids is 1. The molecule has 6 nitrogen and oxygen atoms in total. The molecule has 0 aliphatic carbocycles. The minimum atomic E-state index is -0.0863. The summed E-state index contributed by atoms with van der Waals surface area (Å²) in [4.78, 5) is 15.8. The highest BCUT2D eigenvalue weighted by molar-refractivity contribution is 7.99. The van der Waals surface area contributed by atoms with Crippen LogP contribution >= 0.6 is 11.8 Å². The number of nitrogens with zero attached hydrogens (tertiary/aromatic N) is 4. The fourth-order valence-electron chi connectivity index (χ4n) is 1.58. The summed E-state index contributed by atoms with van der Waals surface area (Å²) in [6, 6.07) is 5.80. The molecule has 0 unspecified atom stereocenters. The smallest absolute Gasteiger partial charge is 0.240 e. The van der Waals surface area contributed by atoms with Gasteiger partial charge in [-0.2, -0.15) is 10.2 Å². The van der Waals surface area contributed by atoms with E-state index in [1.165, 1.54) is 0 Å². The first kappa shape index (κ1) is 15.2. The van der Waals surface area contributed by atoms with Gasteiger partial charge >= 0.3 is 0 Å². The summed E-state index contributed by atoms with van der Waals surface area (Å²) in [5, 5.41) is 8.88. The minimum absolute atomic E-state index is 0.0863. The van der Waals surface area contributed by atoms with Crippen LogP contribution in [0.5, 0.6) is 0 Å². The highest BCUT2D eigenvalue weighted by Gasteiger charge is 2.00. The normalized spacial score (nSPS) is 10.9. The number of aromatic nitrogens is 3. The fourth-order valence-corrected chi connectivity index (χ4v) is 2.39. The van der Waals surface area contributed by atoms with E-state index in [1.807, 2.05) is 31.4 Å². The topological polar surface area (TPSA) is 72.2 Å². The van der Waals surface area contributed by atoms with Crippen molar-refractivity contribution in [3.63, 3.8) is 0 Å². The van der Waals surface area contributed by atoms with Crippen LogP contribution < -0.4 is 5.43 Å². The Morgan fingerprint density at radius 1 is 1.52 bits per heavy atom. The van der Waals surface area contributed by atoms with E-state index in [9.17, 15) is 4.79 Å². The number of hydrazone groups is 1. The summed E-state index contributed by atoms with van der Waals surface area (Å²) in [6.07, 6.45) is 8.08. The minimum Gasteiger partial charge on any atom is -0.275 e. The zero-order valence-corrected chi connectivity index (χ0v) is 12.6. The van der Waals surface area contributed by atoms with E-state index in [0.717, 1.165) is 22.8 Å². The standard InChI is InChI=1S/C14H17N5OS/c1-19-11-12(10-17-19)9-16-18-13(20)5-4-8-21-14-6-2-3-7-15-14/h2-3,6-7,9-11H,4-5,8H2,1H3,(H,18,20)/b16-9-. The molecule has 21 heavy (non-hydrogen) atoms. The third kappa shape index (κ3) is 5.78. The van der Waals surface area contributed by atoms with Gasteiger partial charge < -0.3 is 0 Å². The molecule has 1 amide bonds. The molecule has 2 aromatic rings. The van der Waals surface area contributed by atoms with Crippen molar-refractivity contribution >= 4 is 23.9 Å². The molecule has 0 aliphatic rings. The summed E-state index contributed by atoms with van der Waals surface area (Å²) in [5.74, 6) is 0.772. The van der Waals surface area contributed by atoms with Gasteiger partial charge in [-0.25, -0.2) is 10.4 Å². The van der Waals surface area contributed by atoms with Gasteiger partial charge in [-0.1, -0.05) is 6.07 Å². The van der Waals surface area contributed by atoms with Crippen LogP contribution in [-0.2, 0) is 11.8 Å². The molecule has 0 aliphatic heterocycles. The number of amides is 1. The Balaban J connectivity index is 1.60. The number of pyridine rings is 1. The van der Waals surface area contributed by atoms with Crippen LogP contribution in [0.1, 0.15) is 18.4 Å². The Kier molecular flexibility index (Phi) is 5.96. The van der Waals surface area contributed by atoms with E-state index in [-0.39, 0.29) is 5.91 Å². The van der Waals surface area contributed by atoms with Crippen LogP contribution in [0.15, 0.2) is 46.9 Å². The molecule has 0 atom stereocenters. The van der Waals surface area contributed by atoms with E-state index in [2.05, 4.69) is 20.6 Å². The summed E-state index contributed by atoms with van der Waals surface area (Å²) in [7, 11) is 1.83. The average Bonchev–Trinajstić information content (AvgIpc) is 2.90. The molecule has 0 aromatic carbocycles. The zero-order valence-electron chi connectivity index (χ0n) is 11.8. The van der Waals surface area contributed by atoms with Gasteiger partial charge in [-0.15, -0.1) is 11.8 Å². The SMILES string of the molecule is Cn1cc(/C=N\NC(=O)CCCSc2ccccn2)cn1. The lowest BCUT2D eigenvalue weighted by atomic mass is 10.3. The predicted molar refractivity (Wildman–Crippen MR) is 83.1 cm³/mol. The maximum atomic E-state index is 11.6. The lowest BCUT2D eigenvalue weighted by Crippen LogP contribution is -2.17. The second-order valence-electron chi connectivity index (χ2n) is 4.36. The molecule has 0 saturated heterocycles. The molecule has 2 rings (SSSR count). The van der Waals surface area contributed by atoms with E-state index in [4.69, 9.17) is 0 Å². The largest absolute Gasteiger partial charge is 0.275 e. The summed E-state index contributed by atoms with van der Waals surface area (Å²) in [5.41, 5.74) is 3.36. The van der Waals surface area contributed by atoms with Crippen molar-refractivity contribution in [2.45, 2.75) is 17.9 Å². The zero-order chi connectivity index (χ0) is 14.9. The van der Waals surface area contributed by atoms with E-state index >= 15 is 0 Å². The molecule has 2 heterocycles. The third-order valence-electron chi connectivity index (χ3n) is 2.56. The van der Waals surface area contributed by atoms with Gasteiger partial charge in [0.2, 0.25) is 5.91 Å². The van der Waals surface area contributed by atoms with Crippen molar-refractivity contribution in [1.82, 2.24) is 20.2 Å². The lowest BCUT2D eigenvalue weighted by molar-refractivity contribution is -0.121. The van der Waals surface area contributed by atoms with Gasteiger partial charge in [0, 0.05) is 31.4 Å². The Labute approximate surface area is 127 Å².